The minimum absolute atomic E-state index is 0.00702. The Balaban J connectivity index is 1.77. The van der Waals surface area contributed by atoms with Gasteiger partial charge in [-0.25, -0.2) is 4.39 Å². The van der Waals surface area contributed by atoms with Gasteiger partial charge >= 0.3 is 0 Å². The van der Waals surface area contributed by atoms with Gasteiger partial charge in [0.1, 0.15) is 18.2 Å². The van der Waals surface area contributed by atoms with Crippen LogP contribution in [-0.4, -0.2) is 18.1 Å². The third kappa shape index (κ3) is 4.89. The van der Waals surface area contributed by atoms with Crippen molar-refractivity contribution in [3.8, 4) is 33.9 Å². The van der Waals surface area contributed by atoms with E-state index in [0.29, 0.717) is 16.7 Å². The lowest BCUT2D eigenvalue weighted by atomic mass is 9.95. The summed E-state index contributed by atoms with van der Waals surface area (Å²) in [6.45, 7) is 1.80. The van der Waals surface area contributed by atoms with Crippen molar-refractivity contribution in [1.29, 1.82) is 0 Å². The number of fused-ring (bicyclic) bond motifs is 1. The van der Waals surface area contributed by atoms with Gasteiger partial charge in [0.15, 0.2) is 16.8 Å². The minimum atomic E-state index is -4.54. The van der Waals surface area contributed by atoms with E-state index in [1.165, 1.54) is 54.6 Å². The predicted octanol–water partition coefficient (Wildman–Crippen LogP) is 6.11. The van der Waals surface area contributed by atoms with Crippen molar-refractivity contribution in [3.63, 3.8) is 0 Å². The molecule has 4 aromatic carbocycles. The van der Waals surface area contributed by atoms with Crippen LogP contribution < -0.4 is 10.2 Å². The highest BCUT2D eigenvalue weighted by molar-refractivity contribution is 7.85. The Morgan fingerprint density at radius 2 is 1.63 bits per heavy atom. The molecule has 1 heterocycles. The number of phenolic OH excluding ortho intramolecular Hbond substituents is 1. The van der Waals surface area contributed by atoms with Crippen LogP contribution in [0.25, 0.3) is 33.4 Å². The Morgan fingerprint density at radius 1 is 0.921 bits per heavy atom. The molecule has 0 amide bonds. The first-order chi connectivity index (χ1) is 18.1. The average Bonchev–Trinajstić information content (AvgIpc) is 2.89. The van der Waals surface area contributed by atoms with Gasteiger partial charge in [0.05, 0.1) is 10.3 Å². The monoisotopic (exact) mass is 532 g/mol. The largest absolute Gasteiger partial charge is 0.502 e. The van der Waals surface area contributed by atoms with Crippen LogP contribution in [0.15, 0.2) is 99.0 Å². The van der Waals surface area contributed by atoms with Crippen LogP contribution in [0.4, 0.5) is 4.39 Å². The van der Waals surface area contributed by atoms with Crippen molar-refractivity contribution in [2.45, 2.75) is 18.4 Å². The fourth-order valence-corrected chi connectivity index (χ4v) is 4.67. The molecule has 38 heavy (non-hydrogen) atoms. The second-order valence-corrected chi connectivity index (χ2v) is 10.1. The summed E-state index contributed by atoms with van der Waals surface area (Å²) < 4.78 is 58.6. The van der Waals surface area contributed by atoms with Crippen LogP contribution in [0.3, 0.4) is 0 Å². The lowest BCUT2D eigenvalue weighted by molar-refractivity contribution is 0.289. The molecule has 5 rings (SSSR count). The van der Waals surface area contributed by atoms with E-state index in [1.54, 1.807) is 6.92 Å². The van der Waals surface area contributed by atoms with Gasteiger partial charge < -0.3 is 14.3 Å². The lowest BCUT2D eigenvalue weighted by Crippen LogP contribution is -2.05. The fourth-order valence-electron chi connectivity index (χ4n) is 4.16. The van der Waals surface area contributed by atoms with Gasteiger partial charge in [-0.15, -0.1) is 0 Å². The maximum Gasteiger partial charge on any atom is 0.294 e. The molecule has 0 bridgehead atoms. The fraction of sp³-hybridized carbons (Fsp3) is 0.0690. The van der Waals surface area contributed by atoms with E-state index in [-0.39, 0.29) is 39.5 Å². The molecule has 0 fully saturated rings. The van der Waals surface area contributed by atoms with Crippen molar-refractivity contribution in [1.82, 2.24) is 0 Å². The number of aromatic hydroxyl groups is 1. The predicted molar refractivity (Wildman–Crippen MR) is 140 cm³/mol. The average molecular weight is 533 g/mol. The molecular formula is C29H21FO7S. The van der Waals surface area contributed by atoms with Crippen molar-refractivity contribution >= 4 is 21.1 Å². The van der Waals surface area contributed by atoms with Crippen molar-refractivity contribution < 1.29 is 31.6 Å². The molecule has 9 heteroatoms. The van der Waals surface area contributed by atoms with Gasteiger partial charge in [0, 0.05) is 17.2 Å². The van der Waals surface area contributed by atoms with Gasteiger partial charge in [0.25, 0.3) is 10.1 Å². The lowest BCUT2D eigenvalue weighted by Gasteiger charge is -2.16. The number of phenols is 1. The standard InChI is InChI=1S/C29H21FO7S/c1-17-7-12-21(38(33,34)35)13-22(17)23-14-26(36-16-18-5-3-2-4-6-18)28(32)29-27(23)24(31)15-25(37-29)19-8-10-20(30)11-9-19/h2-15,32H,16H2,1H3,(H,33,34,35). The van der Waals surface area contributed by atoms with Gasteiger partial charge in [-0.1, -0.05) is 36.4 Å². The summed E-state index contributed by atoms with van der Waals surface area (Å²) in [5, 5.41) is 11.1. The van der Waals surface area contributed by atoms with E-state index in [2.05, 4.69) is 0 Å². The van der Waals surface area contributed by atoms with Crippen LogP contribution in [0.2, 0.25) is 0 Å². The maximum atomic E-state index is 13.5. The van der Waals surface area contributed by atoms with E-state index in [9.17, 15) is 27.3 Å². The Hall–Kier alpha value is -4.47. The Kier molecular flexibility index (Phi) is 6.48. The third-order valence-corrected chi connectivity index (χ3v) is 6.95. The molecule has 0 spiro atoms. The SMILES string of the molecule is Cc1ccc(S(=O)(=O)O)cc1-c1cc(OCc2ccccc2)c(O)c2oc(-c3ccc(F)cc3)cc(=O)c12. The van der Waals surface area contributed by atoms with E-state index < -0.39 is 27.1 Å². The van der Waals surface area contributed by atoms with Crippen molar-refractivity contribution in [3.05, 3.63) is 112 Å². The Morgan fingerprint density at radius 3 is 2.32 bits per heavy atom. The molecule has 7 nitrogen and oxygen atoms in total. The topological polar surface area (TPSA) is 114 Å². The highest BCUT2D eigenvalue weighted by Gasteiger charge is 2.22. The highest BCUT2D eigenvalue weighted by Crippen LogP contribution is 2.42. The molecule has 5 aromatic rings. The molecule has 0 saturated heterocycles. The van der Waals surface area contributed by atoms with E-state index in [0.717, 1.165) is 5.56 Å². The zero-order chi connectivity index (χ0) is 27.0. The first-order valence-corrected chi connectivity index (χ1v) is 12.9. The number of aryl methyl sites for hydroxylation is 1. The summed E-state index contributed by atoms with van der Waals surface area (Å²) in [7, 11) is -4.54. The quantitative estimate of drug-likeness (QED) is 0.254. The van der Waals surface area contributed by atoms with Crippen LogP contribution in [-0.2, 0) is 16.7 Å². The van der Waals surface area contributed by atoms with Crippen molar-refractivity contribution in [2.24, 2.45) is 0 Å². The molecule has 1 aromatic heterocycles. The molecule has 0 radical (unpaired) electrons. The number of benzene rings is 4. The Labute approximate surface area is 217 Å². The summed E-state index contributed by atoms with van der Waals surface area (Å²) >= 11 is 0. The second kappa shape index (κ2) is 9.77. The smallest absolute Gasteiger partial charge is 0.294 e. The zero-order valence-electron chi connectivity index (χ0n) is 20.0. The first kappa shape index (κ1) is 25.2. The normalized spacial score (nSPS) is 11.6. The summed E-state index contributed by atoms with van der Waals surface area (Å²) in [5.41, 5.74) is 1.67. The summed E-state index contributed by atoms with van der Waals surface area (Å²) in [6, 6.07) is 21.1. The number of halogens is 1. The minimum Gasteiger partial charge on any atom is -0.502 e. The summed E-state index contributed by atoms with van der Waals surface area (Å²) in [4.78, 5) is 13.1. The van der Waals surface area contributed by atoms with Gasteiger partial charge in [-0.3, -0.25) is 9.35 Å². The molecule has 0 saturated carbocycles. The van der Waals surface area contributed by atoms with Crippen LogP contribution in [0.5, 0.6) is 11.5 Å². The second-order valence-electron chi connectivity index (χ2n) is 8.68. The number of hydrogen-bond acceptors (Lipinski definition) is 6. The zero-order valence-corrected chi connectivity index (χ0v) is 20.8. The van der Waals surface area contributed by atoms with Crippen LogP contribution in [0, 0.1) is 12.7 Å². The van der Waals surface area contributed by atoms with Crippen LogP contribution >= 0.6 is 0 Å². The molecule has 0 aliphatic carbocycles. The molecule has 0 unspecified atom stereocenters. The van der Waals surface area contributed by atoms with E-state index in [1.807, 2.05) is 30.3 Å². The van der Waals surface area contributed by atoms with E-state index >= 15 is 0 Å². The maximum absolute atomic E-state index is 13.5. The molecular weight excluding hydrogens is 511 g/mol. The number of rotatable bonds is 6. The molecule has 2 N–H and O–H groups in total. The number of hydrogen-bond donors (Lipinski definition) is 2. The molecule has 192 valence electrons. The molecule has 0 aliphatic heterocycles. The van der Waals surface area contributed by atoms with Gasteiger partial charge in [-0.2, -0.15) is 8.42 Å². The third-order valence-electron chi connectivity index (χ3n) is 6.10. The Bertz CT molecular complexity index is 1830. The van der Waals surface area contributed by atoms with Crippen molar-refractivity contribution in [2.75, 3.05) is 0 Å². The summed E-state index contributed by atoms with van der Waals surface area (Å²) in [5.74, 6) is -0.808. The summed E-state index contributed by atoms with van der Waals surface area (Å²) in [6.07, 6.45) is 0. The molecule has 0 atom stereocenters. The van der Waals surface area contributed by atoms with Gasteiger partial charge in [-0.05, 0) is 66.1 Å². The van der Waals surface area contributed by atoms with E-state index in [4.69, 9.17) is 9.15 Å². The van der Waals surface area contributed by atoms with Crippen LogP contribution in [0.1, 0.15) is 11.1 Å². The van der Waals surface area contributed by atoms with Gasteiger partial charge in [0.2, 0.25) is 5.75 Å². The highest BCUT2D eigenvalue weighted by atomic mass is 32.2. The molecule has 0 aliphatic rings. The number of ether oxygens (including phenoxy) is 1. The first-order valence-electron chi connectivity index (χ1n) is 11.5.